The van der Waals surface area contributed by atoms with Gasteiger partial charge in [-0.1, -0.05) is 0 Å². The number of carbonyl (C=O) groups is 2. The Hall–Kier alpha value is -1.82. The molecule has 2 amide bonds. The molecule has 2 fully saturated rings. The number of nitrogens with zero attached hydrogens (tertiary/aromatic N) is 3. The average molecular weight is 319 g/mol. The Bertz CT molecular complexity index is 612. The summed E-state index contributed by atoms with van der Waals surface area (Å²) < 4.78 is 5.70. The van der Waals surface area contributed by atoms with Crippen LogP contribution in [0.5, 0.6) is 0 Å². The van der Waals surface area contributed by atoms with Crippen LogP contribution in [-0.4, -0.2) is 66.3 Å². The lowest BCUT2D eigenvalue weighted by atomic mass is 9.86. The maximum atomic E-state index is 12.1. The maximum absolute atomic E-state index is 12.1. The highest BCUT2D eigenvalue weighted by Gasteiger charge is 2.45. The van der Waals surface area contributed by atoms with Gasteiger partial charge in [0.1, 0.15) is 11.5 Å². The van der Waals surface area contributed by atoms with E-state index in [-0.39, 0.29) is 17.2 Å². The lowest BCUT2D eigenvalue weighted by Gasteiger charge is -2.33. The number of carbonyl (C=O) groups excluding carboxylic acids is 2. The van der Waals surface area contributed by atoms with E-state index < -0.39 is 0 Å². The van der Waals surface area contributed by atoms with Gasteiger partial charge in [0, 0.05) is 58.5 Å². The summed E-state index contributed by atoms with van der Waals surface area (Å²) >= 11 is 0. The van der Waals surface area contributed by atoms with Gasteiger partial charge in [0.25, 0.3) is 0 Å². The minimum absolute atomic E-state index is 0.0853. The van der Waals surface area contributed by atoms with Crippen molar-refractivity contribution in [2.24, 2.45) is 5.41 Å². The number of rotatable bonds is 2. The van der Waals surface area contributed by atoms with Crippen molar-refractivity contribution in [3.8, 4) is 0 Å². The monoisotopic (exact) mass is 319 g/mol. The largest absolute Gasteiger partial charge is 0.465 e. The summed E-state index contributed by atoms with van der Waals surface area (Å²) in [6, 6.07) is 3.97. The van der Waals surface area contributed by atoms with E-state index in [1.165, 1.54) is 0 Å². The summed E-state index contributed by atoms with van der Waals surface area (Å²) in [5.41, 5.74) is -0.171. The minimum atomic E-state index is -0.171. The Labute approximate surface area is 137 Å². The molecule has 1 aromatic heterocycles. The summed E-state index contributed by atoms with van der Waals surface area (Å²) in [5.74, 6) is 2.10. The lowest BCUT2D eigenvalue weighted by Crippen LogP contribution is -2.43. The van der Waals surface area contributed by atoms with Crippen LogP contribution < -0.4 is 0 Å². The predicted molar refractivity (Wildman–Crippen MR) is 85.7 cm³/mol. The number of hydrogen-bond acceptors (Lipinski definition) is 4. The second-order valence-electron chi connectivity index (χ2n) is 7.09. The third kappa shape index (κ3) is 3.42. The second-order valence-corrected chi connectivity index (χ2v) is 7.09. The number of hydrogen-bond donors (Lipinski definition) is 0. The van der Waals surface area contributed by atoms with Gasteiger partial charge in [-0.05, 0) is 19.1 Å². The van der Waals surface area contributed by atoms with Crippen LogP contribution in [0, 0.1) is 12.3 Å². The Morgan fingerprint density at radius 1 is 1.26 bits per heavy atom. The smallest absolute Gasteiger partial charge is 0.223 e. The Morgan fingerprint density at radius 3 is 2.61 bits per heavy atom. The van der Waals surface area contributed by atoms with Crippen molar-refractivity contribution < 1.29 is 14.0 Å². The highest BCUT2D eigenvalue weighted by molar-refractivity contribution is 5.79. The molecule has 3 rings (SSSR count). The Morgan fingerprint density at radius 2 is 2.04 bits per heavy atom. The molecular weight excluding hydrogens is 294 g/mol. The van der Waals surface area contributed by atoms with Gasteiger partial charge in [-0.3, -0.25) is 14.5 Å². The van der Waals surface area contributed by atoms with E-state index >= 15 is 0 Å². The number of likely N-dealkylation sites (tertiary alicyclic amines) is 1. The molecule has 2 saturated heterocycles. The first-order chi connectivity index (χ1) is 10.9. The van der Waals surface area contributed by atoms with Crippen LogP contribution in [0.15, 0.2) is 16.5 Å². The zero-order valence-corrected chi connectivity index (χ0v) is 14.2. The molecule has 0 radical (unpaired) electrons. The van der Waals surface area contributed by atoms with Crippen molar-refractivity contribution in [3.05, 3.63) is 23.7 Å². The van der Waals surface area contributed by atoms with Crippen molar-refractivity contribution in [2.45, 2.75) is 26.8 Å². The number of amides is 2. The molecule has 126 valence electrons. The van der Waals surface area contributed by atoms with Crippen LogP contribution in [0.4, 0.5) is 0 Å². The maximum Gasteiger partial charge on any atom is 0.223 e. The van der Waals surface area contributed by atoms with Crippen molar-refractivity contribution in [1.29, 1.82) is 0 Å². The SMILES string of the molecule is CC(=O)N1CCN(Cc2ccc(C)o2)C[C@]2(CC(=O)N(C)C2)C1. The zero-order valence-electron chi connectivity index (χ0n) is 14.2. The summed E-state index contributed by atoms with van der Waals surface area (Å²) in [5, 5.41) is 0. The molecule has 23 heavy (non-hydrogen) atoms. The van der Waals surface area contributed by atoms with E-state index in [4.69, 9.17) is 4.42 Å². The fraction of sp³-hybridized carbons (Fsp3) is 0.647. The predicted octanol–water partition coefficient (Wildman–Crippen LogP) is 1.10. The van der Waals surface area contributed by atoms with Gasteiger partial charge in [-0.25, -0.2) is 0 Å². The third-order valence-electron chi connectivity index (χ3n) is 4.92. The first-order valence-electron chi connectivity index (χ1n) is 8.14. The van der Waals surface area contributed by atoms with Gasteiger partial charge in [0.05, 0.1) is 6.54 Å². The molecule has 0 aliphatic carbocycles. The molecule has 1 atom stereocenters. The van der Waals surface area contributed by atoms with E-state index in [1.54, 1.807) is 11.8 Å². The fourth-order valence-electron chi connectivity index (χ4n) is 3.86. The Kier molecular flexibility index (Phi) is 4.19. The van der Waals surface area contributed by atoms with Gasteiger partial charge in [0.2, 0.25) is 11.8 Å². The van der Waals surface area contributed by atoms with Crippen LogP contribution in [0.1, 0.15) is 24.9 Å². The average Bonchev–Trinajstić information content (AvgIpc) is 2.91. The standard InChI is InChI=1S/C17H25N3O3/c1-13-4-5-15(23-13)9-19-6-7-20(14(2)21)12-17(11-19)8-16(22)18(3)10-17/h4-5H,6-12H2,1-3H3/t17-/m1/s1. The van der Waals surface area contributed by atoms with Crippen LogP contribution in [-0.2, 0) is 16.1 Å². The van der Waals surface area contributed by atoms with E-state index in [0.717, 1.165) is 31.2 Å². The quantitative estimate of drug-likeness (QED) is 0.819. The first kappa shape index (κ1) is 16.1. The zero-order chi connectivity index (χ0) is 16.6. The molecule has 1 spiro atoms. The van der Waals surface area contributed by atoms with Crippen LogP contribution in [0.2, 0.25) is 0 Å². The van der Waals surface area contributed by atoms with Crippen LogP contribution >= 0.6 is 0 Å². The number of aryl methyl sites for hydroxylation is 1. The van der Waals surface area contributed by atoms with Crippen LogP contribution in [0.3, 0.4) is 0 Å². The highest BCUT2D eigenvalue weighted by Crippen LogP contribution is 2.34. The topological polar surface area (TPSA) is 57.0 Å². The molecule has 0 aromatic carbocycles. The van der Waals surface area contributed by atoms with E-state index in [1.807, 2.05) is 31.0 Å². The molecule has 0 N–H and O–H groups in total. The minimum Gasteiger partial charge on any atom is -0.465 e. The van der Waals surface area contributed by atoms with Gasteiger partial charge in [-0.15, -0.1) is 0 Å². The van der Waals surface area contributed by atoms with E-state index in [2.05, 4.69) is 4.90 Å². The van der Waals surface area contributed by atoms with Gasteiger partial charge >= 0.3 is 0 Å². The normalized spacial score (nSPS) is 26.1. The molecular formula is C17H25N3O3. The molecule has 3 heterocycles. The molecule has 0 saturated carbocycles. The van der Waals surface area contributed by atoms with Gasteiger partial charge in [0.15, 0.2) is 0 Å². The third-order valence-corrected chi connectivity index (χ3v) is 4.92. The summed E-state index contributed by atoms with van der Waals surface area (Å²) in [7, 11) is 1.85. The molecule has 6 heteroatoms. The van der Waals surface area contributed by atoms with Crippen molar-refractivity contribution in [3.63, 3.8) is 0 Å². The molecule has 0 unspecified atom stereocenters. The fourth-order valence-corrected chi connectivity index (χ4v) is 3.86. The van der Waals surface area contributed by atoms with E-state index in [0.29, 0.717) is 26.1 Å². The van der Waals surface area contributed by atoms with Crippen LogP contribution in [0.25, 0.3) is 0 Å². The summed E-state index contributed by atoms with van der Waals surface area (Å²) in [4.78, 5) is 30.0. The number of furan rings is 1. The molecule has 0 bridgehead atoms. The summed E-state index contributed by atoms with van der Waals surface area (Å²) in [6.45, 7) is 7.96. The lowest BCUT2D eigenvalue weighted by molar-refractivity contribution is -0.130. The molecule has 2 aliphatic heterocycles. The Balaban J connectivity index is 1.80. The van der Waals surface area contributed by atoms with Gasteiger partial charge < -0.3 is 14.2 Å². The van der Waals surface area contributed by atoms with E-state index in [9.17, 15) is 9.59 Å². The van der Waals surface area contributed by atoms with Crippen molar-refractivity contribution in [1.82, 2.24) is 14.7 Å². The molecule has 6 nitrogen and oxygen atoms in total. The summed E-state index contributed by atoms with van der Waals surface area (Å²) in [6.07, 6.45) is 0.515. The highest BCUT2D eigenvalue weighted by atomic mass is 16.3. The molecule has 1 aromatic rings. The second kappa shape index (κ2) is 6.00. The van der Waals surface area contributed by atoms with Crippen molar-refractivity contribution in [2.75, 3.05) is 39.8 Å². The molecule has 2 aliphatic rings. The first-order valence-corrected chi connectivity index (χ1v) is 8.14. The van der Waals surface area contributed by atoms with Gasteiger partial charge in [-0.2, -0.15) is 0 Å². The van der Waals surface area contributed by atoms with Crippen molar-refractivity contribution >= 4 is 11.8 Å².